The number of para-hydroxylation sites is 1. The van der Waals surface area contributed by atoms with E-state index in [2.05, 4.69) is 48.9 Å². The van der Waals surface area contributed by atoms with Gasteiger partial charge in [-0.25, -0.2) is 0 Å². The van der Waals surface area contributed by atoms with E-state index in [9.17, 15) is 4.79 Å². The van der Waals surface area contributed by atoms with Crippen LogP contribution in [0.25, 0.3) is 22.3 Å². The van der Waals surface area contributed by atoms with Crippen LogP contribution in [0, 0.1) is 6.92 Å². The molecule has 0 saturated carbocycles. The van der Waals surface area contributed by atoms with E-state index in [1.165, 1.54) is 18.2 Å². The fraction of sp³-hybridized carbons (Fsp3) is 0.320. The Hall–Kier alpha value is -3.41. The highest BCUT2D eigenvalue weighted by atomic mass is 16.1. The van der Waals surface area contributed by atoms with Crippen molar-refractivity contribution in [3.05, 3.63) is 66.1 Å². The number of hydrogen-bond donors (Lipinski definition) is 1. The molecule has 1 aliphatic heterocycles. The highest BCUT2D eigenvalue weighted by molar-refractivity contribution is 5.92. The number of carbonyl (C=O) groups excluding carboxylic acids is 1. The van der Waals surface area contributed by atoms with Crippen molar-refractivity contribution in [2.45, 2.75) is 52.1 Å². The van der Waals surface area contributed by atoms with Crippen molar-refractivity contribution in [2.24, 2.45) is 0 Å². The first-order valence-electron chi connectivity index (χ1n) is 11.1. The first-order valence-corrected chi connectivity index (χ1v) is 11.1. The summed E-state index contributed by atoms with van der Waals surface area (Å²) in [5.74, 6) is 1.97. The second-order valence-corrected chi connectivity index (χ2v) is 8.30. The molecular weight excluding hydrogens is 386 g/mol. The van der Waals surface area contributed by atoms with E-state index in [1.807, 2.05) is 37.4 Å². The molecule has 0 aliphatic carbocycles. The summed E-state index contributed by atoms with van der Waals surface area (Å²) in [5.41, 5.74) is 4.03. The predicted molar refractivity (Wildman–Crippen MR) is 123 cm³/mol. The summed E-state index contributed by atoms with van der Waals surface area (Å²) in [6.45, 7) is 3.62. The Morgan fingerprint density at radius 2 is 1.97 bits per heavy atom. The normalized spacial score (nSPS) is 13.7. The number of nitrogens with one attached hydrogen (secondary N) is 1. The Morgan fingerprint density at radius 1 is 1.06 bits per heavy atom. The van der Waals surface area contributed by atoms with E-state index >= 15 is 0 Å². The minimum Gasteiger partial charge on any atom is -0.347 e. The van der Waals surface area contributed by atoms with E-state index in [1.54, 1.807) is 0 Å². The summed E-state index contributed by atoms with van der Waals surface area (Å²) in [5, 5.41) is 13.2. The highest BCUT2D eigenvalue weighted by Crippen LogP contribution is 2.27. The molecule has 1 aliphatic rings. The van der Waals surface area contributed by atoms with Gasteiger partial charge in [-0.15, -0.1) is 10.2 Å². The molecule has 0 saturated heterocycles. The Labute approximate surface area is 181 Å². The lowest BCUT2D eigenvalue weighted by Crippen LogP contribution is -2.15. The third-order valence-corrected chi connectivity index (χ3v) is 6.14. The number of carbonyl (C=O) groups is 1. The first kappa shape index (κ1) is 19.5. The lowest BCUT2D eigenvalue weighted by atomic mass is 10.1. The number of rotatable bonds is 5. The second kappa shape index (κ2) is 8.38. The van der Waals surface area contributed by atoms with Gasteiger partial charge in [0.05, 0.1) is 0 Å². The number of aromatic nitrogens is 4. The van der Waals surface area contributed by atoms with Crippen LogP contribution in [-0.4, -0.2) is 25.2 Å². The molecule has 1 amide bonds. The van der Waals surface area contributed by atoms with Crippen molar-refractivity contribution >= 4 is 22.5 Å². The fourth-order valence-electron chi connectivity index (χ4n) is 4.36. The molecule has 4 aromatic rings. The van der Waals surface area contributed by atoms with Crippen LogP contribution < -0.4 is 5.32 Å². The van der Waals surface area contributed by atoms with Gasteiger partial charge in [-0.1, -0.05) is 36.8 Å². The minimum absolute atomic E-state index is 0.0121. The molecule has 0 fully saturated rings. The molecule has 6 heteroatoms. The van der Waals surface area contributed by atoms with Crippen LogP contribution in [0.15, 0.2) is 54.7 Å². The molecule has 0 unspecified atom stereocenters. The van der Waals surface area contributed by atoms with E-state index in [0.29, 0.717) is 13.0 Å². The lowest BCUT2D eigenvalue weighted by molar-refractivity contribution is -0.116. The van der Waals surface area contributed by atoms with Crippen molar-refractivity contribution in [2.75, 3.05) is 5.32 Å². The minimum atomic E-state index is 0.0121. The van der Waals surface area contributed by atoms with Gasteiger partial charge in [0.1, 0.15) is 5.82 Å². The Morgan fingerprint density at radius 3 is 2.90 bits per heavy atom. The molecule has 6 nitrogen and oxygen atoms in total. The van der Waals surface area contributed by atoms with E-state index in [4.69, 9.17) is 0 Å². The number of amides is 1. The van der Waals surface area contributed by atoms with Crippen molar-refractivity contribution in [3.8, 4) is 11.4 Å². The van der Waals surface area contributed by atoms with Crippen molar-refractivity contribution in [3.63, 3.8) is 0 Å². The average Bonchev–Trinajstić information content (AvgIpc) is 3.30. The standard InChI is InChI=1S/C25H27N5O/c1-18-10-11-20(25-28-27-23-9-3-2-6-14-30(23)25)17-21(18)26-24(31)13-16-29-15-12-19-7-4-5-8-22(19)29/h4-5,7-8,10-12,15,17H,2-3,6,9,13-14,16H2,1H3,(H,26,31). The number of benzene rings is 2. The zero-order chi connectivity index (χ0) is 21.2. The SMILES string of the molecule is Cc1ccc(-c2nnc3n2CCCCC3)cc1NC(=O)CCn1ccc2ccccc21. The average molecular weight is 414 g/mol. The first-order chi connectivity index (χ1) is 15.2. The molecule has 0 radical (unpaired) electrons. The summed E-state index contributed by atoms with van der Waals surface area (Å²) in [6, 6.07) is 16.5. The van der Waals surface area contributed by atoms with Gasteiger partial charge >= 0.3 is 0 Å². The third kappa shape index (κ3) is 3.98. The zero-order valence-electron chi connectivity index (χ0n) is 17.8. The molecule has 5 rings (SSSR count). The maximum absolute atomic E-state index is 12.7. The summed E-state index contributed by atoms with van der Waals surface area (Å²) < 4.78 is 4.37. The van der Waals surface area contributed by atoms with Crippen LogP contribution >= 0.6 is 0 Å². The molecule has 0 bridgehead atoms. The Kier molecular flexibility index (Phi) is 5.28. The van der Waals surface area contributed by atoms with E-state index in [0.717, 1.165) is 53.4 Å². The van der Waals surface area contributed by atoms with Gasteiger partial charge in [-0.3, -0.25) is 4.79 Å². The van der Waals surface area contributed by atoms with Crippen molar-refractivity contribution in [1.82, 2.24) is 19.3 Å². The molecule has 0 atom stereocenters. The van der Waals surface area contributed by atoms with Gasteiger partial charge < -0.3 is 14.5 Å². The van der Waals surface area contributed by atoms with Crippen molar-refractivity contribution < 1.29 is 4.79 Å². The van der Waals surface area contributed by atoms with Crippen LogP contribution in [0.4, 0.5) is 5.69 Å². The van der Waals surface area contributed by atoms with Gasteiger partial charge in [0.15, 0.2) is 5.82 Å². The molecule has 3 heterocycles. The van der Waals surface area contributed by atoms with Gasteiger partial charge in [0.25, 0.3) is 0 Å². The van der Waals surface area contributed by atoms with Gasteiger partial charge in [0, 0.05) is 48.9 Å². The van der Waals surface area contributed by atoms with E-state index in [-0.39, 0.29) is 5.91 Å². The Bertz CT molecular complexity index is 1240. The number of fused-ring (bicyclic) bond motifs is 2. The number of anilines is 1. The maximum atomic E-state index is 12.7. The highest BCUT2D eigenvalue weighted by Gasteiger charge is 2.17. The molecule has 1 N–H and O–H groups in total. The van der Waals surface area contributed by atoms with Gasteiger partial charge in [-0.2, -0.15) is 0 Å². The second-order valence-electron chi connectivity index (χ2n) is 8.30. The summed E-state index contributed by atoms with van der Waals surface area (Å²) >= 11 is 0. The summed E-state index contributed by atoms with van der Waals surface area (Å²) in [7, 11) is 0. The lowest BCUT2D eigenvalue weighted by Gasteiger charge is -2.12. The van der Waals surface area contributed by atoms with Crippen LogP contribution in [0.5, 0.6) is 0 Å². The summed E-state index contributed by atoms with van der Waals surface area (Å²) in [4.78, 5) is 12.7. The maximum Gasteiger partial charge on any atom is 0.226 e. The van der Waals surface area contributed by atoms with Gasteiger partial charge in [-0.05, 0) is 48.9 Å². The molecule has 158 valence electrons. The van der Waals surface area contributed by atoms with Gasteiger partial charge in [0.2, 0.25) is 5.91 Å². The smallest absolute Gasteiger partial charge is 0.226 e. The van der Waals surface area contributed by atoms with Crippen molar-refractivity contribution in [1.29, 1.82) is 0 Å². The van der Waals surface area contributed by atoms with Crippen LogP contribution in [0.3, 0.4) is 0 Å². The van der Waals surface area contributed by atoms with Crippen LogP contribution in [0.1, 0.15) is 37.1 Å². The summed E-state index contributed by atoms with van der Waals surface area (Å²) in [6.07, 6.45) is 7.00. The number of nitrogens with zero attached hydrogens (tertiary/aromatic N) is 4. The van der Waals surface area contributed by atoms with E-state index < -0.39 is 0 Å². The molecule has 2 aromatic carbocycles. The third-order valence-electron chi connectivity index (χ3n) is 6.14. The largest absolute Gasteiger partial charge is 0.347 e. The van der Waals surface area contributed by atoms with Crippen LogP contribution in [-0.2, 0) is 24.3 Å². The fourth-order valence-corrected chi connectivity index (χ4v) is 4.36. The number of aryl methyl sites for hydroxylation is 3. The molecule has 0 spiro atoms. The number of hydrogen-bond acceptors (Lipinski definition) is 3. The molecular formula is C25H27N5O. The topological polar surface area (TPSA) is 64.7 Å². The quantitative estimate of drug-likeness (QED) is 0.503. The monoisotopic (exact) mass is 413 g/mol. The zero-order valence-corrected chi connectivity index (χ0v) is 17.8. The Balaban J connectivity index is 1.32. The predicted octanol–water partition coefficient (Wildman–Crippen LogP) is 4.96. The molecule has 2 aromatic heterocycles. The molecule has 31 heavy (non-hydrogen) atoms. The van der Waals surface area contributed by atoms with Crippen LogP contribution in [0.2, 0.25) is 0 Å².